The van der Waals surface area contributed by atoms with E-state index >= 15 is 0 Å². The second kappa shape index (κ2) is 22.4. The lowest BCUT2D eigenvalue weighted by Crippen LogP contribution is -2.45. The van der Waals surface area contributed by atoms with Gasteiger partial charge in [0.2, 0.25) is 11.8 Å². The number of unbranched alkanes of at least 4 members (excludes halogenated alkanes) is 1. The average molecular weight is 671 g/mol. The number of allylic oxidation sites excluding steroid dienone is 2. The SMILES string of the molecule is C=CCCC[C@H](Cc1ccccc1)C(=O)OC[C@H](CSCc1ccccc1)NC(=O)[C@@H](CC=C)CC(=O)N(CCO)Cc1ccccc1. The number of nitrogens with one attached hydrogen (secondary N) is 1. The van der Waals surface area contributed by atoms with E-state index in [4.69, 9.17) is 4.74 Å². The molecule has 3 aromatic rings. The van der Waals surface area contributed by atoms with Crippen LogP contribution >= 0.6 is 11.8 Å². The fraction of sp³-hybridized carbons (Fsp3) is 0.375. The summed E-state index contributed by atoms with van der Waals surface area (Å²) < 4.78 is 5.91. The highest BCUT2D eigenvalue weighted by Gasteiger charge is 2.27. The Morgan fingerprint density at radius 1 is 0.854 bits per heavy atom. The van der Waals surface area contributed by atoms with Crippen LogP contribution in [0.25, 0.3) is 0 Å². The van der Waals surface area contributed by atoms with Gasteiger partial charge in [0.05, 0.1) is 24.5 Å². The molecular weight excluding hydrogens is 621 g/mol. The number of hydrogen-bond acceptors (Lipinski definition) is 6. The molecule has 0 aliphatic rings. The van der Waals surface area contributed by atoms with Crippen LogP contribution in [0.3, 0.4) is 0 Å². The molecule has 256 valence electrons. The molecule has 0 saturated carbocycles. The number of nitrogens with zero attached hydrogens (tertiary/aromatic N) is 1. The molecule has 0 heterocycles. The molecule has 0 aliphatic carbocycles. The van der Waals surface area contributed by atoms with Gasteiger partial charge in [-0.2, -0.15) is 11.8 Å². The van der Waals surface area contributed by atoms with Crippen molar-refractivity contribution in [3.63, 3.8) is 0 Å². The predicted octanol–water partition coefficient (Wildman–Crippen LogP) is 6.77. The monoisotopic (exact) mass is 670 g/mol. The number of aliphatic hydroxyl groups excluding tert-OH is 1. The van der Waals surface area contributed by atoms with Crippen molar-refractivity contribution in [3.05, 3.63) is 133 Å². The standard InChI is InChI=1S/C40H50N2O5S/c1-3-5-9-23-36(26-32-17-10-6-11-18-32)40(46)47-29-37(31-48-30-34-21-14-8-15-22-34)41-39(45)35(16-4-2)27-38(44)42(24-25-43)28-33-19-12-7-13-20-33/h3-4,6-8,10-15,17-22,35-37,43H,1-2,5,9,16,23-31H2,(H,41,45)/t35-,36+,37+/m0/s1. The molecule has 0 aliphatic heterocycles. The maximum atomic E-state index is 13.7. The van der Waals surface area contributed by atoms with Gasteiger partial charge in [-0.1, -0.05) is 103 Å². The van der Waals surface area contributed by atoms with Crippen LogP contribution in [0.1, 0.15) is 48.8 Å². The van der Waals surface area contributed by atoms with Crippen LogP contribution in [-0.2, 0) is 37.8 Å². The van der Waals surface area contributed by atoms with Crippen molar-refractivity contribution >= 4 is 29.5 Å². The number of aliphatic hydroxyl groups is 1. The lowest BCUT2D eigenvalue weighted by molar-refractivity contribution is -0.150. The van der Waals surface area contributed by atoms with Gasteiger partial charge in [0.1, 0.15) is 6.61 Å². The molecule has 0 radical (unpaired) electrons. The van der Waals surface area contributed by atoms with Crippen molar-refractivity contribution < 1.29 is 24.2 Å². The van der Waals surface area contributed by atoms with Gasteiger partial charge in [-0.05, 0) is 48.8 Å². The fourth-order valence-corrected chi connectivity index (χ4v) is 6.41. The molecule has 8 heteroatoms. The Morgan fingerprint density at radius 2 is 1.48 bits per heavy atom. The van der Waals surface area contributed by atoms with E-state index in [2.05, 4.69) is 30.6 Å². The summed E-state index contributed by atoms with van der Waals surface area (Å²) in [5.41, 5.74) is 3.17. The summed E-state index contributed by atoms with van der Waals surface area (Å²) in [6.45, 7) is 7.99. The molecule has 48 heavy (non-hydrogen) atoms. The van der Waals surface area contributed by atoms with Crippen molar-refractivity contribution in [2.24, 2.45) is 11.8 Å². The van der Waals surface area contributed by atoms with E-state index in [1.54, 1.807) is 22.7 Å². The van der Waals surface area contributed by atoms with Gasteiger partial charge in [0, 0.05) is 31.0 Å². The number of carbonyl (C=O) groups is 3. The third-order valence-corrected chi connectivity index (χ3v) is 9.18. The first-order valence-corrected chi connectivity index (χ1v) is 17.9. The smallest absolute Gasteiger partial charge is 0.309 e. The van der Waals surface area contributed by atoms with Crippen LogP contribution in [0.4, 0.5) is 0 Å². The molecule has 0 aromatic heterocycles. The highest BCUT2D eigenvalue weighted by atomic mass is 32.2. The van der Waals surface area contributed by atoms with Gasteiger partial charge < -0.3 is 20.1 Å². The molecule has 0 fully saturated rings. The Balaban J connectivity index is 1.69. The Morgan fingerprint density at radius 3 is 2.08 bits per heavy atom. The minimum Gasteiger partial charge on any atom is -0.463 e. The number of esters is 1. The minimum absolute atomic E-state index is 0.0263. The van der Waals surface area contributed by atoms with Crippen LogP contribution in [-0.4, -0.2) is 59.3 Å². The zero-order valence-corrected chi connectivity index (χ0v) is 28.7. The molecule has 7 nitrogen and oxygen atoms in total. The first-order chi connectivity index (χ1) is 23.4. The Bertz CT molecular complexity index is 1390. The number of amides is 2. The summed E-state index contributed by atoms with van der Waals surface area (Å²) in [4.78, 5) is 42.1. The third kappa shape index (κ3) is 14.3. The van der Waals surface area contributed by atoms with E-state index in [-0.39, 0.29) is 49.9 Å². The van der Waals surface area contributed by atoms with Gasteiger partial charge in [0.25, 0.3) is 0 Å². The molecule has 3 aromatic carbocycles. The lowest BCUT2D eigenvalue weighted by Gasteiger charge is -2.26. The maximum Gasteiger partial charge on any atom is 0.309 e. The van der Waals surface area contributed by atoms with E-state index in [9.17, 15) is 19.5 Å². The van der Waals surface area contributed by atoms with Crippen molar-refractivity contribution in [3.8, 4) is 0 Å². The topological polar surface area (TPSA) is 95.9 Å². The first kappa shape index (κ1) is 38.3. The summed E-state index contributed by atoms with van der Waals surface area (Å²) >= 11 is 1.65. The van der Waals surface area contributed by atoms with Gasteiger partial charge in [-0.15, -0.1) is 13.2 Å². The van der Waals surface area contributed by atoms with Gasteiger partial charge in [-0.25, -0.2) is 0 Å². The van der Waals surface area contributed by atoms with Gasteiger partial charge in [0.15, 0.2) is 0 Å². The number of benzene rings is 3. The molecule has 0 spiro atoms. The summed E-state index contributed by atoms with van der Waals surface area (Å²) in [6, 6.07) is 29.1. The summed E-state index contributed by atoms with van der Waals surface area (Å²) in [7, 11) is 0. The minimum atomic E-state index is -0.658. The number of thioether (sulfide) groups is 1. The van der Waals surface area contributed by atoms with Crippen LogP contribution in [0.5, 0.6) is 0 Å². The number of hydrogen-bond donors (Lipinski definition) is 2. The molecular formula is C40H50N2O5S. The van der Waals surface area contributed by atoms with E-state index in [0.29, 0.717) is 31.6 Å². The predicted molar refractivity (Wildman–Crippen MR) is 195 cm³/mol. The third-order valence-electron chi connectivity index (χ3n) is 8.00. The molecule has 0 bridgehead atoms. The molecule has 3 atom stereocenters. The van der Waals surface area contributed by atoms with E-state index in [1.165, 1.54) is 0 Å². The summed E-state index contributed by atoms with van der Waals surface area (Å²) in [5.74, 6) is -0.507. The van der Waals surface area contributed by atoms with Crippen molar-refractivity contribution in [2.75, 3.05) is 25.5 Å². The van der Waals surface area contributed by atoms with Crippen LogP contribution in [0.2, 0.25) is 0 Å². The molecule has 0 saturated heterocycles. The number of carbonyl (C=O) groups excluding carboxylic acids is 3. The second-order valence-electron chi connectivity index (χ2n) is 11.9. The highest BCUT2D eigenvalue weighted by molar-refractivity contribution is 7.98. The largest absolute Gasteiger partial charge is 0.463 e. The van der Waals surface area contributed by atoms with Crippen molar-refractivity contribution in [2.45, 2.75) is 56.9 Å². The average Bonchev–Trinajstić information content (AvgIpc) is 3.11. The molecule has 2 amide bonds. The first-order valence-electron chi connectivity index (χ1n) is 16.7. The quantitative estimate of drug-likeness (QED) is 0.0658. The second-order valence-corrected chi connectivity index (χ2v) is 12.9. The molecule has 2 N–H and O–H groups in total. The van der Waals surface area contributed by atoms with Gasteiger partial charge >= 0.3 is 5.97 Å². The van der Waals surface area contributed by atoms with Crippen molar-refractivity contribution in [1.82, 2.24) is 10.2 Å². The van der Waals surface area contributed by atoms with E-state index < -0.39 is 12.0 Å². The lowest BCUT2D eigenvalue weighted by atomic mass is 9.94. The Hall–Kier alpha value is -4.14. The van der Waals surface area contributed by atoms with Crippen LogP contribution in [0, 0.1) is 11.8 Å². The normalized spacial score (nSPS) is 12.7. The van der Waals surface area contributed by atoms with Crippen molar-refractivity contribution in [1.29, 1.82) is 0 Å². The summed E-state index contributed by atoms with van der Waals surface area (Å²) in [6.07, 6.45) is 6.68. The molecule has 0 unspecified atom stereocenters. The van der Waals surface area contributed by atoms with Crippen LogP contribution < -0.4 is 5.32 Å². The number of ether oxygens (including phenoxy) is 1. The maximum absolute atomic E-state index is 13.7. The highest BCUT2D eigenvalue weighted by Crippen LogP contribution is 2.20. The zero-order chi connectivity index (χ0) is 34.4. The van der Waals surface area contributed by atoms with E-state index in [1.807, 2.05) is 84.9 Å². The molecule has 3 rings (SSSR count). The fourth-order valence-electron chi connectivity index (χ4n) is 5.40. The Labute approximate surface area is 290 Å². The van der Waals surface area contributed by atoms with Gasteiger partial charge in [-0.3, -0.25) is 14.4 Å². The van der Waals surface area contributed by atoms with Crippen LogP contribution in [0.15, 0.2) is 116 Å². The summed E-state index contributed by atoms with van der Waals surface area (Å²) in [5, 5.41) is 12.7. The zero-order valence-electron chi connectivity index (χ0n) is 27.9. The number of rotatable bonds is 23. The Kier molecular flexibility index (Phi) is 17.9. The van der Waals surface area contributed by atoms with E-state index in [0.717, 1.165) is 35.3 Å².